The molecule has 0 unspecified atom stereocenters. The molecule has 11 heavy (non-hydrogen) atoms. The fourth-order valence-corrected chi connectivity index (χ4v) is 0.601. The van der Waals surface area contributed by atoms with Crippen LogP contribution in [0.5, 0.6) is 0 Å². The zero-order chi connectivity index (χ0) is 8.43. The Labute approximate surface area is 66.2 Å². The Kier molecular flexibility index (Phi) is 1.91. The number of rotatable bonds is 1. The molecule has 0 saturated carbocycles. The zero-order valence-corrected chi connectivity index (χ0v) is 6.05. The van der Waals surface area contributed by atoms with Gasteiger partial charge in [-0.1, -0.05) is 11.6 Å². The molecule has 0 bridgehead atoms. The Morgan fingerprint density at radius 3 is 2.82 bits per heavy atom. The monoisotopic (exact) mass is 173 g/mol. The van der Waals surface area contributed by atoms with Crippen molar-refractivity contribution < 1.29 is 4.79 Å². The predicted molar refractivity (Wildman–Crippen MR) is 38.4 cm³/mol. The van der Waals surface area contributed by atoms with Gasteiger partial charge in [0.05, 0.1) is 6.20 Å². The Balaban J connectivity index is 3.26. The van der Waals surface area contributed by atoms with E-state index in [1.165, 1.54) is 0 Å². The molecule has 1 heterocycles. The highest BCUT2D eigenvalue weighted by molar-refractivity contribution is 6.30. The Morgan fingerprint density at radius 2 is 2.36 bits per heavy atom. The van der Waals surface area contributed by atoms with E-state index < -0.39 is 11.5 Å². The Morgan fingerprint density at radius 1 is 1.73 bits per heavy atom. The average molecular weight is 174 g/mol. The number of primary amides is 1. The minimum absolute atomic E-state index is 0.0741. The maximum absolute atomic E-state index is 10.7. The molecule has 1 aromatic rings. The van der Waals surface area contributed by atoms with Crippen molar-refractivity contribution >= 4 is 17.5 Å². The Hall–Kier alpha value is -1.36. The van der Waals surface area contributed by atoms with E-state index in [4.69, 9.17) is 17.3 Å². The number of nitrogens with one attached hydrogen (secondary N) is 1. The lowest BCUT2D eigenvalue weighted by Crippen LogP contribution is -2.20. The fraction of sp³-hybridized carbons (Fsp3) is 0. The first-order valence-electron chi connectivity index (χ1n) is 2.66. The summed E-state index contributed by atoms with van der Waals surface area (Å²) in [5, 5.41) is -0.0741. The summed E-state index contributed by atoms with van der Waals surface area (Å²) >= 11 is 5.33. The van der Waals surface area contributed by atoms with Crippen molar-refractivity contribution in [1.29, 1.82) is 0 Å². The quantitative estimate of drug-likeness (QED) is 0.601. The third kappa shape index (κ3) is 1.56. The van der Waals surface area contributed by atoms with Crippen LogP contribution in [-0.2, 0) is 0 Å². The van der Waals surface area contributed by atoms with Gasteiger partial charge < -0.3 is 10.7 Å². The first-order valence-corrected chi connectivity index (χ1v) is 3.03. The van der Waals surface area contributed by atoms with Crippen LogP contribution in [0.1, 0.15) is 10.6 Å². The molecule has 0 atom stereocenters. The normalized spacial score (nSPS) is 9.55. The molecule has 1 rings (SSSR count). The summed E-state index contributed by atoms with van der Waals surface area (Å²) in [6.45, 7) is 0. The molecule has 0 spiro atoms. The van der Waals surface area contributed by atoms with E-state index in [2.05, 4.69) is 9.97 Å². The van der Waals surface area contributed by atoms with Gasteiger partial charge in [0.2, 0.25) is 0 Å². The van der Waals surface area contributed by atoms with Crippen LogP contribution in [0.3, 0.4) is 0 Å². The first-order chi connectivity index (χ1) is 5.11. The number of carbonyl (C=O) groups excluding carboxylic acids is 1. The van der Waals surface area contributed by atoms with Crippen molar-refractivity contribution in [2.24, 2.45) is 5.73 Å². The maximum Gasteiger partial charge on any atom is 0.284 e. The molecule has 0 aliphatic carbocycles. The number of hydrogen-bond donors (Lipinski definition) is 2. The van der Waals surface area contributed by atoms with E-state index in [0.29, 0.717) is 0 Å². The zero-order valence-electron chi connectivity index (χ0n) is 5.30. The molecular weight excluding hydrogens is 170 g/mol. The molecule has 3 N–H and O–H groups in total. The molecule has 5 nitrogen and oxygen atoms in total. The van der Waals surface area contributed by atoms with Crippen LogP contribution in [-0.4, -0.2) is 15.9 Å². The van der Waals surface area contributed by atoms with E-state index in [9.17, 15) is 9.59 Å². The maximum atomic E-state index is 10.7. The van der Waals surface area contributed by atoms with Crippen LogP contribution in [0.25, 0.3) is 0 Å². The minimum atomic E-state index is -0.793. The van der Waals surface area contributed by atoms with E-state index >= 15 is 0 Å². The van der Waals surface area contributed by atoms with Crippen LogP contribution in [0, 0.1) is 0 Å². The van der Waals surface area contributed by atoms with Gasteiger partial charge in [-0.2, -0.15) is 0 Å². The predicted octanol–water partition coefficient (Wildman–Crippen LogP) is -0.478. The topological polar surface area (TPSA) is 88.8 Å². The van der Waals surface area contributed by atoms with Gasteiger partial charge in [0.15, 0.2) is 5.82 Å². The second-order valence-corrected chi connectivity index (χ2v) is 2.18. The molecule has 6 heteroatoms. The molecular formula is C5H4ClN3O2. The minimum Gasteiger partial charge on any atom is -0.363 e. The number of H-pyrrole nitrogens is 1. The summed E-state index contributed by atoms with van der Waals surface area (Å²) in [5.74, 6) is -0.988. The van der Waals surface area contributed by atoms with Gasteiger partial charge in [-0.3, -0.25) is 9.59 Å². The van der Waals surface area contributed by atoms with Gasteiger partial charge in [-0.15, -0.1) is 0 Å². The van der Waals surface area contributed by atoms with Gasteiger partial charge in [0.25, 0.3) is 11.5 Å². The number of carbonyl (C=O) groups is 1. The number of aromatic amines is 1. The number of hydrogen-bond acceptors (Lipinski definition) is 3. The van der Waals surface area contributed by atoms with Gasteiger partial charge in [-0.05, 0) is 0 Å². The molecule has 1 amide bonds. The van der Waals surface area contributed by atoms with Crippen molar-refractivity contribution in [2.45, 2.75) is 0 Å². The van der Waals surface area contributed by atoms with Gasteiger partial charge in [-0.25, -0.2) is 4.98 Å². The van der Waals surface area contributed by atoms with E-state index in [0.717, 1.165) is 6.20 Å². The fourth-order valence-electron chi connectivity index (χ4n) is 0.505. The summed E-state index contributed by atoms with van der Waals surface area (Å²) in [6, 6.07) is 0. The average Bonchev–Trinajstić information content (AvgIpc) is 1.94. The highest BCUT2D eigenvalue weighted by atomic mass is 35.5. The first kappa shape index (κ1) is 7.74. The lowest BCUT2D eigenvalue weighted by molar-refractivity contribution is 0.0990. The number of halogens is 1. The largest absolute Gasteiger partial charge is 0.363 e. The van der Waals surface area contributed by atoms with Crippen LogP contribution in [0.2, 0.25) is 5.02 Å². The second-order valence-electron chi connectivity index (χ2n) is 1.77. The number of nitrogens with zero attached hydrogens (tertiary/aromatic N) is 1. The van der Waals surface area contributed by atoms with Gasteiger partial charge in [0.1, 0.15) is 5.02 Å². The van der Waals surface area contributed by atoms with Crippen molar-refractivity contribution in [2.75, 3.05) is 0 Å². The molecule has 0 aliphatic heterocycles. The SMILES string of the molecule is NC(=O)c1ncc(Cl)c(=O)[nH]1. The highest BCUT2D eigenvalue weighted by Crippen LogP contribution is 1.95. The third-order valence-electron chi connectivity index (χ3n) is 0.989. The third-order valence-corrected chi connectivity index (χ3v) is 1.26. The lowest BCUT2D eigenvalue weighted by Gasteiger charge is -1.92. The molecule has 0 saturated heterocycles. The number of aromatic nitrogens is 2. The van der Waals surface area contributed by atoms with Crippen molar-refractivity contribution in [1.82, 2.24) is 9.97 Å². The van der Waals surface area contributed by atoms with Crippen LogP contribution in [0.15, 0.2) is 11.0 Å². The highest BCUT2D eigenvalue weighted by Gasteiger charge is 2.03. The summed E-state index contributed by atoms with van der Waals surface area (Å²) in [7, 11) is 0. The smallest absolute Gasteiger partial charge is 0.284 e. The molecule has 0 aliphatic rings. The lowest BCUT2D eigenvalue weighted by atomic mass is 10.5. The van der Waals surface area contributed by atoms with Crippen molar-refractivity contribution in [3.8, 4) is 0 Å². The van der Waals surface area contributed by atoms with Gasteiger partial charge in [0, 0.05) is 0 Å². The summed E-state index contributed by atoms with van der Waals surface area (Å²) in [6.07, 6.45) is 1.07. The van der Waals surface area contributed by atoms with Gasteiger partial charge >= 0.3 is 0 Å². The van der Waals surface area contributed by atoms with Crippen molar-refractivity contribution in [3.63, 3.8) is 0 Å². The Bertz CT molecular complexity index is 346. The molecule has 0 aromatic carbocycles. The number of nitrogens with two attached hydrogens (primary N) is 1. The summed E-state index contributed by atoms with van der Waals surface area (Å²) < 4.78 is 0. The summed E-state index contributed by atoms with van der Waals surface area (Å²) in [5.41, 5.74) is 4.24. The van der Waals surface area contributed by atoms with Crippen LogP contribution >= 0.6 is 11.6 Å². The number of amides is 1. The van der Waals surface area contributed by atoms with E-state index in [-0.39, 0.29) is 10.8 Å². The summed E-state index contributed by atoms with van der Waals surface area (Å²) in [4.78, 5) is 26.7. The molecule has 0 radical (unpaired) electrons. The van der Waals surface area contributed by atoms with E-state index in [1.54, 1.807) is 0 Å². The second kappa shape index (κ2) is 2.71. The van der Waals surface area contributed by atoms with E-state index in [1.807, 2.05) is 0 Å². The molecule has 1 aromatic heterocycles. The van der Waals surface area contributed by atoms with Crippen molar-refractivity contribution in [3.05, 3.63) is 27.4 Å². The molecule has 58 valence electrons. The standard InChI is InChI=1S/C5H4ClN3O2/c6-2-1-8-4(3(7)10)9-5(2)11/h1H,(H2,7,10)(H,8,9,11). The molecule has 0 fully saturated rings. The van der Waals surface area contributed by atoms with Crippen LogP contribution < -0.4 is 11.3 Å². The van der Waals surface area contributed by atoms with Crippen LogP contribution in [0.4, 0.5) is 0 Å².